The van der Waals surface area contributed by atoms with Gasteiger partial charge in [-0.15, -0.1) is 0 Å². The summed E-state index contributed by atoms with van der Waals surface area (Å²) in [5.74, 6) is 0.732. The minimum absolute atomic E-state index is 0.169. The number of hydrogen-bond acceptors (Lipinski definition) is 5. The van der Waals surface area contributed by atoms with Crippen molar-refractivity contribution in [1.29, 1.82) is 0 Å². The van der Waals surface area contributed by atoms with Gasteiger partial charge in [-0.1, -0.05) is 56.3 Å². The van der Waals surface area contributed by atoms with Crippen LogP contribution >= 0.6 is 0 Å². The maximum atomic E-state index is 12.4. The summed E-state index contributed by atoms with van der Waals surface area (Å²) in [6.45, 7) is 4.36. The van der Waals surface area contributed by atoms with Crippen molar-refractivity contribution in [2.75, 3.05) is 26.5 Å². The van der Waals surface area contributed by atoms with Crippen LogP contribution in [0.1, 0.15) is 25.0 Å². The highest BCUT2D eigenvalue weighted by Crippen LogP contribution is 2.28. The number of carbonyl (C=O) groups excluding carboxylic acids is 1. The van der Waals surface area contributed by atoms with E-state index in [0.717, 1.165) is 17.4 Å². The van der Waals surface area contributed by atoms with Crippen LogP contribution in [0.4, 0.5) is 0 Å². The molecule has 0 fully saturated rings. The van der Waals surface area contributed by atoms with Crippen LogP contribution in [0.2, 0.25) is 0 Å². The maximum absolute atomic E-state index is 12.4. The zero-order valence-corrected chi connectivity index (χ0v) is 19.8. The van der Waals surface area contributed by atoms with E-state index in [2.05, 4.69) is 10.0 Å². The van der Waals surface area contributed by atoms with Gasteiger partial charge in [0.2, 0.25) is 15.9 Å². The van der Waals surface area contributed by atoms with Crippen LogP contribution < -0.4 is 19.5 Å². The first-order chi connectivity index (χ1) is 15.2. The molecule has 0 saturated carbocycles. The number of benzene rings is 2. The summed E-state index contributed by atoms with van der Waals surface area (Å²) < 4.78 is 36.6. The van der Waals surface area contributed by atoms with Gasteiger partial charge < -0.3 is 14.8 Å². The summed E-state index contributed by atoms with van der Waals surface area (Å²) in [6.07, 6.45) is 5.55. The van der Waals surface area contributed by atoms with E-state index in [4.69, 9.17) is 9.47 Å². The number of methoxy groups -OCH3 is 1. The first kappa shape index (κ1) is 25.4. The average Bonchev–Trinajstić information content (AvgIpc) is 2.75. The molecule has 0 spiro atoms. The zero-order valence-electron chi connectivity index (χ0n) is 19.0. The van der Waals surface area contributed by atoms with Gasteiger partial charge in [-0.25, -0.2) is 13.1 Å². The van der Waals surface area contributed by atoms with Crippen LogP contribution in [-0.4, -0.2) is 46.9 Å². The van der Waals surface area contributed by atoms with Gasteiger partial charge in [0.15, 0.2) is 11.5 Å². The lowest BCUT2D eigenvalue weighted by Gasteiger charge is -2.20. The minimum Gasteiger partial charge on any atom is -0.493 e. The molecule has 0 aliphatic heterocycles. The molecule has 0 aliphatic rings. The molecular formula is C24H32N2O5S. The molecule has 32 heavy (non-hydrogen) atoms. The number of amides is 1. The second-order valence-corrected chi connectivity index (χ2v) is 9.54. The Hall–Kier alpha value is -2.84. The molecule has 174 valence electrons. The van der Waals surface area contributed by atoms with Crippen molar-refractivity contribution in [2.24, 2.45) is 5.92 Å². The SMILES string of the molecule is COc1cc(CCNC(=O)[C@@H](NS(C)(=O)=O)C(C)C)ccc1OC/C=C\c1ccccc1. The third-order valence-corrected chi connectivity index (χ3v) is 5.36. The third-order valence-electron chi connectivity index (χ3n) is 4.68. The molecule has 2 aromatic rings. The summed E-state index contributed by atoms with van der Waals surface area (Å²) in [6, 6.07) is 14.8. The van der Waals surface area contributed by atoms with Crippen LogP contribution in [0.5, 0.6) is 11.5 Å². The van der Waals surface area contributed by atoms with Crippen LogP contribution in [0, 0.1) is 5.92 Å². The fourth-order valence-electron chi connectivity index (χ4n) is 3.04. The standard InChI is InChI=1S/C24H32N2O5S/c1-18(2)23(26-32(4,28)29)24(27)25-15-14-20-12-13-21(22(17-20)30-3)31-16-8-11-19-9-6-5-7-10-19/h5-13,17-18,23,26H,14-16H2,1-4H3,(H,25,27)/b11-8-/t23-/m0/s1. The third kappa shape index (κ3) is 8.72. The number of sulfonamides is 1. The Labute approximate surface area is 190 Å². The van der Waals surface area contributed by atoms with E-state index in [1.54, 1.807) is 21.0 Å². The Morgan fingerprint density at radius 3 is 2.44 bits per heavy atom. The summed E-state index contributed by atoms with van der Waals surface area (Å²) in [5, 5.41) is 2.80. The zero-order chi connectivity index (χ0) is 23.6. The molecule has 0 aromatic heterocycles. The Morgan fingerprint density at radius 1 is 1.09 bits per heavy atom. The molecular weight excluding hydrogens is 428 g/mol. The van der Waals surface area contributed by atoms with E-state index < -0.39 is 16.1 Å². The van der Waals surface area contributed by atoms with Crippen LogP contribution in [0.25, 0.3) is 6.08 Å². The number of hydrogen-bond donors (Lipinski definition) is 2. The van der Waals surface area contributed by atoms with Gasteiger partial charge in [0.05, 0.1) is 13.4 Å². The van der Waals surface area contributed by atoms with Crippen LogP contribution in [-0.2, 0) is 21.2 Å². The molecule has 0 bridgehead atoms. The summed E-state index contributed by atoms with van der Waals surface area (Å²) in [4.78, 5) is 12.4. The van der Waals surface area contributed by atoms with Gasteiger partial charge in [0, 0.05) is 6.54 Å². The molecule has 0 aliphatic carbocycles. The largest absolute Gasteiger partial charge is 0.493 e. The van der Waals surface area contributed by atoms with Gasteiger partial charge in [-0.2, -0.15) is 0 Å². The topological polar surface area (TPSA) is 93.7 Å². The van der Waals surface area contributed by atoms with E-state index in [9.17, 15) is 13.2 Å². The normalized spacial score (nSPS) is 12.7. The molecule has 0 radical (unpaired) electrons. The van der Waals surface area contributed by atoms with E-state index in [1.165, 1.54) is 0 Å². The van der Waals surface area contributed by atoms with Gasteiger partial charge >= 0.3 is 0 Å². The van der Waals surface area contributed by atoms with Crippen molar-refractivity contribution >= 4 is 22.0 Å². The van der Waals surface area contributed by atoms with Crippen molar-refractivity contribution in [1.82, 2.24) is 10.0 Å². The molecule has 1 amide bonds. The van der Waals surface area contributed by atoms with Crippen molar-refractivity contribution in [2.45, 2.75) is 26.3 Å². The molecule has 2 rings (SSSR count). The Bertz CT molecular complexity index is 1000. The molecule has 1 atom stereocenters. The predicted octanol–water partition coefficient (Wildman–Crippen LogP) is 3.02. The second-order valence-electron chi connectivity index (χ2n) is 7.76. The lowest BCUT2D eigenvalue weighted by molar-refractivity contribution is -0.123. The van der Waals surface area contributed by atoms with Crippen molar-refractivity contribution in [3.63, 3.8) is 0 Å². The highest BCUT2D eigenvalue weighted by molar-refractivity contribution is 7.88. The smallest absolute Gasteiger partial charge is 0.238 e. The summed E-state index contributed by atoms with van der Waals surface area (Å²) in [7, 11) is -1.90. The Balaban J connectivity index is 1.89. The minimum atomic E-state index is -3.48. The summed E-state index contributed by atoms with van der Waals surface area (Å²) in [5.41, 5.74) is 2.07. The lowest BCUT2D eigenvalue weighted by Crippen LogP contribution is -2.49. The molecule has 2 N–H and O–H groups in total. The summed E-state index contributed by atoms with van der Waals surface area (Å²) >= 11 is 0. The van der Waals surface area contributed by atoms with E-state index in [0.29, 0.717) is 31.1 Å². The van der Waals surface area contributed by atoms with E-state index in [1.807, 2.05) is 60.7 Å². The highest BCUT2D eigenvalue weighted by atomic mass is 32.2. The van der Waals surface area contributed by atoms with E-state index >= 15 is 0 Å². The predicted molar refractivity (Wildman–Crippen MR) is 127 cm³/mol. The monoisotopic (exact) mass is 460 g/mol. The van der Waals surface area contributed by atoms with E-state index in [-0.39, 0.29) is 11.8 Å². The fraction of sp³-hybridized carbons (Fsp3) is 0.375. The molecule has 0 saturated heterocycles. The number of rotatable bonds is 12. The fourth-order valence-corrected chi connectivity index (χ4v) is 3.88. The highest BCUT2D eigenvalue weighted by Gasteiger charge is 2.24. The average molecular weight is 461 g/mol. The first-order valence-corrected chi connectivity index (χ1v) is 12.3. The molecule has 0 unspecified atom stereocenters. The number of carbonyl (C=O) groups is 1. The van der Waals surface area contributed by atoms with Crippen molar-refractivity contribution < 1.29 is 22.7 Å². The van der Waals surface area contributed by atoms with Crippen molar-refractivity contribution in [3.8, 4) is 11.5 Å². The lowest BCUT2D eigenvalue weighted by atomic mass is 10.0. The number of ether oxygens (including phenoxy) is 2. The molecule has 7 nitrogen and oxygen atoms in total. The molecule has 2 aromatic carbocycles. The van der Waals surface area contributed by atoms with Gasteiger partial charge in [0.25, 0.3) is 0 Å². The van der Waals surface area contributed by atoms with Gasteiger partial charge in [-0.05, 0) is 41.7 Å². The van der Waals surface area contributed by atoms with Gasteiger partial charge in [0.1, 0.15) is 12.6 Å². The maximum Gasteiger partial charge on any atom is 0.238 e. The molecule has 0 heterocycles. The second kappa shape index (κ2) is 12.3. The number of nitrogens with one attached hydrogen (secondary N) is 2. The first-order valence-electron chi connectivity index (χ1n) is 10.5. The van der Waals surface area contributed by atoms with Crippen molar-refractivity contribution in [3.05, 3.63) is 65.7 Å². The quantitative estimate of drug-likeness (QED) is 0.508. The molecule has 8 heteroatoms. The Kier molecular flexibility index (Phi) is 9.74. The van der Waals surface area contributed by atoms with Crippen LogP contribution in [0.15, 0.2) is 54.6 Å². The Morgan fingerprint density at radius 2 is 1.81 bits per heavy atom. The van der Waals surface area contributed by atoms with Gasteiger partial charge in [-0.3, -0.25) is 4.79 Å². The van der Waals surface area contributed by atoms with Crippen LogP contribution in [0.3, 0.4) is 0 Å².